The van der Waals surface area contributed by atoms with Gasteiger partial charge in [0.2, 0.25) is 0 Å². The molecule has 0 radical (unpaired) electrons. The molecule has 0 spiro atoms. The number of imidazole rings is 1. The summed E-state index contributed by atoms with van der Waals surface area (Å²) in [4.78, 5) is 7.66. The molecule has 0 fully saturated rings. The van der Waals surface area contributed by atoms with Crippen molar-refractivity contribution in [2.24, 2.45) is 0 Å². The maximum absolute atomic E-state index is 13.2. The molecule has 1 aromatic carbocycles. The summed E-state index contributed by atoms with van der Waals surface area (Å²) < 4.78 is 13.2. The van der Waals surface area contributed by atoms with E-state index in [1.54, 1.807) is 18.5 Å². The number of aryl methyl sites for hydroxylation is 1. The highest BCUT2D eigenvalue weighted by Gasteiger charge is 2.33. The first-order valence-electron chi connectivity index (χ1n) is 6.70. The number of halogens is 1. The Hall–Kier alpha value is -1.68. The third kappa shape index (κ3) is 2.40. The van der Waals surface area contributed by atoms with Crippen molar-refractivity contribution in [3.05, 3.63) is 53.4 Å². The fourth-order valence-corrected chi connectivity index (χ4v) is 2.83. The lowest BCUT2D eigenvalue weighted by Gasteiger charge is -2.34. The van der Waals surface area contributed by atoms with Crippen LogP contribution in [-0.2, 0) is 18.4 Å². The summed E-state index contributed by atoms with van der Waals surface area (Å²) in [7, 11) is 0. The molecule has 1 atom stereocenters. The molecule has 1 aromatic heterocycles. The van der Waals surface area contributed by atoms with Crippen molar-refractivity contribution in [1.29, 1.82) is 0 Å². The summed E-state index contributed by atoms with van der Waals surface area (Å²) in [6.07, 6.45) is 4.50. The van der Waals surface area contributed by atoms with E-state index in [0.29, 0.717) is 0 Å². The van der Waals surface area contributed by atoms with Gasteiger partial charge in [0.1, 0.15) is 5.82 Å². The third-order valence-corrected chi connectivity index (χ3v) is 3.93. The van der Waals surface area contributed by atoms with Gasteiger partial charge >= 0.3 is 0 Å². The third-order valence-electron chi connectivity index (χ3n) is 3.93. The number of H-pyrrole nitrogens is 1. The molecule has 19 heavy (non-hydrogen) atoms. The lowest BCUT2D eigenvalue weighted by Crippen LogP contribution is -2.45. The van der Waals surface area contributed by atoms with Crippen LogP contribution in [0.3, 0.4) is 0 Å². The first-order valence-corrected chi connectivity index (χ1v) is 6.70. The second kappa shape index (κ2) is 4.78. The topological polar surface area (TPSA) is 40.7 Å². The molecule has 0 bridgehead atoms. The molecule has 1 unspecified atom stereocenters. The SMILES string of the molecule is CC1(CCc2cccc(F)c2)NCCc2[nH]cnc21. The van der Waals surface area contributed by atoms with Gasteiger partial charge in [0, 0.05) is 18.7 Å². The van der Waals surface area contributed by atoms with Gasteiger partial charge in [-0.2, -0.15) is 0 Å². The van der Waals surface area contributed by atoms with Gasteiger partial charge < -0.3 is 10.3 Å². The van der Waals surface area contributed by atoms with E-state index in [4.69, 9.17) is 0 Å². The largest absolute Gasteiger partial charge is 0.348 e. The zero-order chi connectivity index (χ0) is 13.3. The molecule has 4 heteroatoms. The van der Waals surface area contributed by atoms with E-state index in [0.717, 1.165) is 37.1 Å². The lowest BCUT2D eigenvalue weighted by atomic mass is 9.86. The second-order valence-electron chi connectivity index (χ2n) is 5.37. The van der Waals surface area contributed by atoms with Crippen LogP contribution in [0.15, 0.2) is 30.6 Å². The smallest absolute Gasteiger partial charge is 0.123 e. The molecule has 2 aromatic rings. The van der Waals surface area contributed by atoms with E-state index < -0.39 is 0 Å². The molecule has 3 rings (SSSR count). The van der Waals surface area contributed by atoms with Crippen molar-refractivity contribution < 1.29 is 4.39 Å². The molecule has 0 aliphatic carbocycles. The quantitative estimate of drug-likeness (QED) is 0.889. The van der Waals surface area contributed by atoms with Crippen LogP contribution in [0.2, 0.25) is 0 Å². The number of nitrogens with one attached hydrogen (secondary N) is 2. The van der Waals surface area contributed by atoms with E-state index in [1.807, 2.05) is 6.07 Å². The van der Waals surface area contributed by atoms with Gasteiger partial charge in [0.05, 0.1) is 17.6 Å². The van der Waals surface area contributed by atoms with E-state index in [9.17, 15) is 4.39 Å². The van der Waals surface area contributed by atoms with Gasteiger partial charge in [-0.05, 0) is 37.5 Å². The van der Waals surface area contributed by atoms with Crippen LogP contribution in [0, 0.1) is 5.82 Å². The Morgan fingerprint density at radius 2 is 2.32 bits per heavy atom. The molecular weight excluding hydrogens is 241 g/mol. The van der Waals surface area contributed by atoms with Crippen molar-refractivity contribution in [3.63, 3.8) is 0 Å². The maximum atomic E-state index is 13.2. The number of benzene rings is 1. The number of rotatable bonds is 3. The zero-order valence-corrected chi connectivity index (χ0v) is 11.0. The van der Waals surface area contributed by atoms with Gasteiger partial charge in [-0.25, -0.2) is 9.37 Å². The molecule has 0 saturated carbocycles. The molecule has 1 aliphatic heterocycles. The Kier molecular flexibility index (Phi) is 3.11. The van der Waals surface area contributed by atoms with E-state index >= 15 is 0 Å². The zero-order valence-electron chi connectivity index (χ0n) is 11.0. The number of aromatic amines is 1. The van der Waals surface area contributed by atoms with Gasteiger partial charge in [-0.3, -0.25) is 0 Å². The normalized spacial score (nSPS) is 22.2. The molecule has 0 saturated heterocycles. The summed E-state index contributed by atoms with van der Waals surface area (Å²) in [5.74, 6) is -0.167. The summed E-state index contributed by atoms with van der Waals surface area (Å²) in [5.41, 5.74) is 3.24. The predicted octanol–water partition coefficient (Wildman–Crippen LogP) is 2.54. The van der Waals surface area contributed by atoms with Crippen LogP contribution in [0.5, 0.6) is 0 Å². The molecule has 3 nitrogen and oxygen atoms in total. The standard InChI is InChI=1S/C15H18FN3/c1-15(7-5-11-3-2-4-12(16)9-11)14-13(6-8-19-15)17-10-18-14/h2-4,9-10,19H,5-8H2,1H3,(H,17,18). The summed E-state index contributed by atoms with van der Waals surface area (Å²) in [6.45, 7) is 3.12. The number of nitrogens with zero attached hydrogens (tertiary/aromatic N) is 1. The molecular formula is C15H18FN3. The van der Waals surface area contributed by atoms with E-state index in [1.165, 1.54) is 11.8 Å². The summed E-state index contributed by atoms with van der Waals surface area (Å²) in [5, 5.41) is 3.55. The van der Waals surface area contributed by atoms with Crippen molar-refractivity contribution in [1.82, 2.24) is 15.3 Å². The Morgan fingerprint density at radius 3 is 3.16 bits per heavy atom. The number of hydrogen-bond donors (Lipinski definition) is 2. The molecule has 2 N–H and O–H groups in total. The Morgan fingerprint density at radius 1 is 1.42 bits per heavy atom. The van der Waals surface area contributed by atoms with Crippen LogP contribution in [0.1, 0.15) is 30.3 Å². The summed E-state index contributed by atoms with van der Waals surface area (Å²) >= 11 is 0. The fraction of sp³-hybridized carbons (Fsp3) is 0.400. The van der Waals surface area contributed by atoms with Gasteiger partial charge in [0.25, 0.3) is 0 Å². The first-order chi connectivity index (χ1) is 9.17. The first kappa shape index (κ1) is 12.4. The Labute approximate surface area is 112 Å². The average molecular weight is 259 g/mol. The van der Waals surface area contributed by atoms with Crippen LogP contribution in [0.4, 0.5) is 4.39 Å². The highest BCUT2D eigenvalue weighted by Crippen LogP contribution is 2.30. The van der Waals surface area contributed by atoms with E-state index in [-0.39, 0.29) is 11.4 Å². The lowest BCUT2D eigenvalue weighted by molar-refractivity contribution is 0.314. The number of aromatic nitrogens is 2. The second-order valence-corrected chi connectivity index (χ2v) is 5.37. The number of fused-ring (bicyclic) bond motifs is 1. The van der Waals surface area contributed by atoms with Crippen LogP contribution in [-0.4, -0.2) is 16.5 Å². The molecule has 0 amide bonds. The Bertz CT molecular complexity index is 578. The van der Waals surface area contributed by atoms with Crippen LogP contribution < -0.4 is 5.32 Å². The highest BCUT2D eigenvalue weighted by atomic mass is 19.1. The molecule has 2 heterocycles. The van der Waals surface area contributed by atoms with Crippen LogP contribution in [0.25, 0.3) is 0 Å². The monoisotopic (exact) mass is 259 g/mol. The van der Waals surface area contributed by atoms with Crippen molar-refractivity contribution >= 4 is 0 Å². The summed E-state index contributed by atoms with van der Waals surface area (Å²) in [6, 6.07) is 6.83. The minimum Gasteiger partial charge on any atom is -0.348 e. The minimum atomic E-state index is -0.167. The number of hydrogen-bond acceptors (Lipinski definition) is 2. The molecule has 100 valence electrons. The van der Waals surface area contributed by atoms with Crippen LogP contribution >= 0.6 is 0 Å². The van der Waals surface area contributed by atoms with E-state index in [2.05, 4.69) is 22.2 Å². The predicted molar refractivity (Wildman–Crippen MR) is 72.4 cm³/mol. The maximum Gasteiger partial charge on any atom is 0.123 e. The fourth-order valence-electron chi connectivity index (χ4n) is 2.83. The van der Waals surface area contributed by atoms with Gasteiger partial charge in [0.15, 0.2) is 0 Å². The Balaban J connectivity index is 1.77. The molecule has 1 aliphatic rings. The van der Waals surface area contributed by atoms with Gasteiger partial charge in [-0.15, -0.1) is 0 Å². The van der Waals surface area contributed by atoms with Crippen molar-refractivity contribution in [2.45, 2.75) is 31.7 Å². The highest BCUT2D eigenvalue weighted by molar-refractivity contribution is 5.25. The van der Waals surface area contributed by atoms with Crippen molar-refractivity contribution in [3.8, 4) is 0 Å². The van der Waals surface area contributed by atoms with Crippen molar-refractivity contribution in [2.75, 3.05) is 6.54 Å². The minimum absolute atomic E-state index is 0.125. The average Bonchev–Trinajstić information content (AvgIpc) is 2.87. The van der Waals surface area contributed by atoms with Gasteiger partial charge in [-0.1, -0.05) is 12.1 Å².